The molecule has 0 saturated heterocycles. The van der Waals surface area contributed by atoms with E-state index < -0.39 is 12.0 Å². The van der Waals surface area contributed by atoms with E-state index >= 15 is 0 Å². The van der Waals surface area contributed by atoms with Gasteiger partial charge in [-0.15, -0.1) is 11.3 Å². The number of carbonyl (C=O) groups is 1. The van der Waals surface area contributed by atoms with Gasteiger partial charge >= 0.3 is 5.97 Å². The van der Waals surface area contributed by atoms with Gasteiger partial charge in [-0.3, -0.25) is 4.79 Å². The minimum Gasteiger partial charge on any atom is -0.464 e. The third-order valence-electron chi connectivity index (χ3n) is 3.75. The molecule has 0 N–H and O–H groups in total. The Labute approximate surface area is 130 Å². The minimum atomic E-state index is -0.744. The molecule has 22 heavy (non-hydrogen) atoms. The Balaban J connectivity index is 2.24. The van der Waals surface area contributed by atoms with Crippen LogP contribution in [0.2, 0.25) is 0 Å². The van der Waals surface area contributed by atoms with Crippen molar-refractivity contribution in [1.29, 1.82) is 0 Å². The van der Waals surface area contributed by atoms with Crippen LogP contribution in [0.15, 0.2) is 17.1 Å². The van der Waals surface area contributed by atoms with Crippen LogP contribution in [0.1, 0.15) is 24.8 Å². The van der Waals surface area contributed by atoms with E-state index in [0.717, 1.165) is 15.6 Å². The standard InChI is InChI=1S/C15H17N3O3S/c1-5-21-15(20)9(3)18-14(19)12-10(7-16-18)13-11(17(12)4)6-8(2)22-13/h6-7,9H,5H2,1-4H3/t9-/m1/s1. The third kappa shape index (κ3) is 2.04. The molecule has 0 fully saturated rings. The van der Waals surface area contributed by atoms with E-state index in [0.29, 0.717) is 5.52 Å². The Bertz CT molecular complexity index is 935. The van der Waals surface area contributed by atoms with Gasteiger partial charge in [0.15, 0.2) is 6.04 Å². The molecule has 6 nitrogen and oxygen atoms in total. The zero-order valence-electron chi connectivity index (χ0n) is 12.9. The predicted molar refractivity (Wildman–Crippen MR) is 86.4 cm³/mol. The second-order valence-electron chi connectivity index (χ2n) is 5.22. The van der Waals surface area contributed by atoms with E-state index in [-0.39, 0.29) is 12.2 Å². The summed E-state index contributed by atoms with van der Waals surface area (Å²) in [6, 6.07) is 1.31. The van der Waals surface area contributed by atoms with Crippen molar-refractivity contribution in [2.45, 2.75) is 26.8 Å². The third-order valence-corrected chi connectivity index (χ3v) is 4.82. The quantitative estimate of drug-likeness (QED) is 0.695. The number of ether oxygens (including phenoxy) is 1. The van der Waals surface area contributed by atoms with Crippen molar-refractivity contribution in [3.63, 3.8) is 0 Å². The van der Waals surface area contributed by atoms with Crippen LogP contribution in [-0.4, -0.2) is 26.9 Å². The van der Waals surface area contributed by atoms with E-state index in [4.69, 9.17) is 4.74 Å². The first kappa shape index (κ1) is 14.8. The molecule has 7 heteroatoms. The largest absolute Gasteiger partial charge is 0.464 e. The monoisotopic (exact) mass is 319 g/mol. The van der Waals surface area contributed by atoms with E-state index in [9.17, 15) is 9.59 Å². The lowest BCUT2D eigenvalue weighted by Gasteiger charge is -2.12. The van der Waals surface area contributed by atoms with Gasteiger partial charge in [0.1, 0.15) is 5.52 Å². The van der Waals surface area contributed by atoms with Crippen molar-refractivity contribution in [2.75, 3.05) is 6.61 Å². The van der Waals surface area contributed by atoms with Gasteiger partial charge in [0, 0.05) is 17.3 Å². The Morgan fingerprint density at radius 2 is 2.23 bits per heavy atom. The van der Waals surface area contributed by atoms with Gasteiger partial charge in [0.25, 0.3) is 5.56 Å². The molecule has 0 aromatic carbocycles. The van der Waals surface area contributed by atoms with Crippen molar-refractivity contribution in [1.82, 2.24) is 14.3 Å². The molecule has 3 rings (SSSR count). The Hall–Kier alpha value is -2.15. The summed E-state index contributed by atoms with van der Waals surface area (Å²) in [6.07, 6.45) is 1.66. The fraction of sp³-hybridized carbons (Fsp3) is 0.400. The number of carbonyl (C=O) groups excluding carboxylic acids is 1. The Morgan fingerprint density at radius 3 is 2.91 bits per heavy atom. The number of nitrogens with zero attached hydrogens (tertiary/aromatic N) is 3. The highest BCUT2D eigenvalue weighted by molar-refractivity contribution is 7.20. The average molecular weight is 319 g/mol. The topological polar surface area (TPSA) is 66.1 Å². The van der Waals surface area contributed by atoms with Crippen LogP contribution in [0.4, 0.5) is 0 Å². The maximum Gasteiger partial charge on any atom is 0.330 e. The summed E-state index contributed by atoms with van der Waals surface area (Å²) in [4.78, 5) is 25.8. The maximum absolute atomic E-state index is 12.7. The normalized spacial score (nSPS) is 12.9. The predicted octanol–water partition coefficient (Wildman–Crippen LogP) is 2.38. The number of thiophene rings is 1. The van der Waals surface area contributed by atoms with Crippen LogP contribution >= 0.6 is 11.3 Å². The number of hydrogen-bond acceptors (Lipinski definition) is 5. The minimum absolute atomic E-state index is 0.276. The highest BCUT2D eigenvalue weighted by Gasteiger charge is 2.22. The second kappa shape index (κ2) is 5.24. The van der Waals surface area contributed by atoms with Crippen molar-refractivity contribution < 1.29 is 9.53 Å². The number of hydrogen-bond donors (Lipinski definition) is 0. The van der Waals surface area contributed by atoms with Crippen LogP contribution < -0.4 is 5.56 Å². The molecule has 0 saturated carbocycles. The molecule has 0 aliphatic rings. The highest BCUT2D eigenvalue weighted by atomic mass is 32.1. The van der Waals surface area contributed by atoms with Crippen LogP contribution in [-0.2, 0) is 16.6 Å². The van der Waals surface area contributed by atoms with E-state index in [1.165, 1.54) is 9.56 Å². The van der Waals surface area contributed by atoms with Gasteiger partial charge in [-0.05, 0) is 26.8 Å². The van der Waals surface area contributed by atoms with Gasteiger partial charge in [0.05, 0.1) is 23.0 Å². The Morgan fingerprint density at radius 1 is 1.50 bits per heavy atom. The zero-order chi connectivity index (χ0) is 16.0. The van der Waals surface area contributed by atoms with E-state index in [1.807, 2.05) is 18.5 Å². The molecule has 3 aromatic rings. The van der Waals surface area contributed by atoms with Gasteiger partial charge in [-0.1, -0.05) is 0 Å². The highest BCUT2D eigenvalue weighted by Crippen LogP contribution is 2.32. The summed E-state index contributed by atoms with van der Waals surface area (Å²) < 4.78 is 9.08. The fourth-order valence-electron chi connectivity index (χ4n) is 2.65. The Kier molecular flexibility index (Phi) is 3.52. The van der Waals surface area contributed by atoms with E-state index in [1.54, 1.807) is 31.4 Å². The lowest BCUT2D eigenvalue weighted by atomic mass is 10.3. The molecule has 116 valence electrons. The first-order valence-corrected chi connectivity index (χ1v) is 7.90. The van der Waals surface area contributed by atoms with Crippen molar-refractivity contribution >= 4 is 38.4 Å². The molecular formula is C15H17N3O3S. The van der Waals surface area contributed by atoms with Crippen LogP contribution in [0, 0.1) is 6.92 Å². The number of aryl methyl sites for hydroxylation is 2. The van der Waals surface area contributed by atoms with Gasteiger partial charge in [-0.2, -0.15) is 5.10 Å². The molecule has 3 heterocycles. The summed E-state index contributed by atoms with van der Waals surface area (Å²) in [5, 5.41) is 5.01. The first-order chi connectivity index (χ1) is 10.5. The SMILES string of the molecule is CCOC(=O)[C@@H](C)n1ncc2c3sc(C)cc3n(C)c2c1=O. The van der Waals surface area contributed by atoms with E-state index in [2.05, 4.69) is 11.2 Å². The van der Waals surface area contributed by atoms with Crippen molar-refractivity contribution in [3.8, 4) is 0 Å². The molecule has 1 atom stereocenters. The summed E-state index contributed by atoms with van der Waals surface area (Å²) in [5.74, 6) is -0.455. The van der Waals surface area contributed by atoms with Crippen LogP contribution in [0.3, 0.4) is 0 Å². The summed E-state index contributed by atoms with van der Waals surface area (Å²) >= 11 is 1.64. The lowest BCUT2D eigenvalue weighted by Crippen LogP contribution is -2.32. The van der Waals surface area contributed by atoms with Gasteiger partial charge in [0.2, 0.25) is 0 Å². The van der Waals surface area contributed by atoms with Crippen LogP contribution in [0.25, 0.3) is 21.1 Å². The first-order valence-electron chi connectivity index (χ1n) is 7.08. The van der Waals surface area contributed by atoms with Gasteiger partial charge < -0.3 is 9.30 Å². The molecule has 0 unspecified atom stereocenters. The molecule has 0 amide bonds. The number of fused-ring (bicyclic) bond motifs is 3. The molecule has 0 bridgehead atoms. The molecule has 0 spiro atoms. The van der Waals surface area contributed by atoms with Gasteiger partial charge in [-0.25, -0.2) is 9.48 Å². The summed E-state index contributed by atoms with van der Waals surface area (Å²) in [6.45, 7) is 5.67. The van der Waals surface area contributed by atoms with Crippen molar-refractivity contribution in [2.24, 2.45) is 7.05 Å². The molecule has 0 radical (unpaired) electrons. The average Bonchev–Trinajstić information content (AvgIpc) is 2.97. The number of aromatic nitrogens is 3. The summed E-state index contributed by atoms with van der Waals surface area (Å²) in [7, 11) is 1.86. The maximum atomic E-state index is 12.7. The molecule has 3 aromatic heterocycles. The number of rotatable bonds is 3. The lowest BCUT2D eigenvalue weighted by molar-refractivity contribution is -0.147. The number of esters is 1. The zero-order valence-corrected chi connectivity index (χ0v) is 13.7. The second-order valence-corrected chi connectivity index (χ2v) is 6.47. The molecular weight excluding hydrogens is 302 g/mol. The summed E-state index contributed by atoms with van der Waals surface area (Å²) in [5.41, 5.74) is 1.30. The molecule has 0 aliphatic carbocycles. The van der Waals surface area contributed by atoms with Crippen molar-refractivity contribution in [3.05, 3.63) is 27.5 Å². The fourth-order valence-corrected chi connectivity index (χ4v) is 3.70. The smallest absolute Gasteiger partial charge is 0.330 e. The van der Waals surface area contributed by atoms with Crippen LogP contribution in [0.5, 0.6) is 0 Å². The molecule has 0 aliphatic heterocycles.